The summed E-state index contributed by atoms with van der Waals surface area (Å²) in [6.45, 7) is 0.820. The fraction of sp³-hybridized carbons (Fsp3) is 0.0909. The lowest BCUT2D eigenvalue weighted by Crippen LogP contribution is -2.48. The molecule has 0 radical (unpaired) electrons. The van der Waals surface area contributed by atoms with Gasteiger partial charge >= 0.3 is 6.85 Å². The SMILES string of the molecule is COc1ccc(CN2B(c3ccc(F)cc3)C=Cc3ccccc32)cc1. The summed E-state index contributed by atoms with van der Waals surface area (Å²) < 4.78 is 18.6. The van der Waals surface area contributed by atoms with Gasteiger partial charge in [-0.15, -0.1) is 0 Å². The van der Waals surface area contributed by atoms with E-state index in [0.29, 0.717) is 0 Å². The van der Waals surface area contributed by atoms with Crippen LogP contribution in [0.15, 0.2) is 78.8 Å². The van der Waals surface area contributed by atoms with Gasteiger partial charge in [-0.05, 0) is 41.5 Å². The maximum absolute atomic E-state index is 13.4. The molecule has 26 heavy (non-hydrogen) atoms. The number of hydrogen-bond donors (Lipinski definition) is 0. The van der Waals surface area contributed by atoms with E-state index in [9.17, 15) is 4.39 Å². The van der Waals surface area contributed by atoms with Crippen molar-refractivity contribution in [1.29, 1.82) is 0 Å². The molecule has 0 saturated heterocycles. The van der Waals surface area contributed by atoms with Crippen LogP contribution >= 0.6 is 0 Å². The third-order valence-corrected chi connectivity index (χ3v) is 4.76. The molecule has 0 unspecified atom stereocenters. The smallest absolute Gasteiger partial charge is 0.316 e. The van der Waals surface area contributed by atoms with Crippen molar-refractivity contribution in [1.82, 2.24) is 0 Å². The number of rotatable bonds is 4. The molecular formula is C22H19BFNO. The van der Waals surface area contributed by atoms with Crippen LogP contribution in [0.5, 0.6) is 5.75 Å². The Morgan fingerprint density at radius 1 is 0.923 bits per heavy atom. The van der Waals surface area contributed by atoms with Gasteiger partial charge in [0.25, 0.3) is 0 Å². The molecule has 0 aromatic heterocycles. The number of halogens is 1. The van der Waals surface area contributed by atoms with Crippen LogP contribution in [0.25, 0.3) is 6.08 Å². The predicted octanol–water partition coefficient (Wildman–Crippen LogP) is 4.31. The summed E-state index contributed by atoms with van der Waals surface area (Å²) in [5.74, 6) is 2.82. The number of anilines is 1. The second kappa shape index (κ2) is 7.08. The summed E-state index contributed by atoms with van der Waals surface area (Å²) in [6, 6.07) is 23.3. The van der Waals surface area contributed by atoms with E-state index < -0.39 is 0 Å². The molecule has 0 spiro atoms. The first-order valence-corrected chi connectivity index (χ1v) is 8.67. The lowest BCUT2D eigenvalue weighted by atomic mass is 9.52. The molecule has 3 aromatic rings. The number of benzene rings is 3. The Kier molecular flexibility index (Phi) is 4.49. The largest absolute Gasteiger partial charge is 0.497 e. The predicted molar refractivity (Wildman–Crippen MR) is 106 cm³/mol. The highest BCUT2D eigenvalue weighted by Crippen LogP contribution is 2.29. The molecule has 0 N–H and O–H groups in total. The molecule has 0 atom stereocenters. The average molecular weight is 343 g/mol. The van der Waals surface area contributed by atoms with E-state index in [1.165, 1.54) is 28.9 Å². The van der Waals surface area contributed by atoms with Gasteiger partial charge in [0.15, 0.2) is 0 Å². The molecule has 128 valence electrons. The van der Waals surface area contributed by atoms with Crippen molar-refractivity contribution in [2.24, 2.45) is 0 Å². The molecule has 1 heterocycles. The van der Waals surface area contributed by atoms with E-state index >= 15 is 0 Å². The highest BCUT2D eigenvalue weighted by atomic mass is 19.1. The second-order valence-corrected chi connectivity index (χ2v) is 6.39. The summed E-state index contributed by atoms with van der Waals surface area (Å²) >= 11 is 0. The van der Waals surface area contributed by atoms with Crippen molar-refractivity contribution in [3.63, 3.8) is 0 Å². The van der Waals surface area contributed by atoms with Crippen LogP contribution in [0.1, 0.15) is 11.1 Å². The van der Waals surface area contributed by atoms with Crippen LogP contribution in [-0.4, -0.2) is 14.0 Å². The lowest BCUT2D eigenvalue weighted by Gasteiger charge is -2.34. The average Bonchev–Trinajstić information content (AvgIpc) is 2.70. The van der Waals surface area contributed by atoms with E-state index in [4.69, 9.17) is 4.74 Å². The van der Waals surface area contributed by atoms with Crippen molar-refractivity contribution < 1.29 is 9.13 Å². The van der Waals surface area contributed by atoms with Crippen molar-refractivity contribution >= 4 is 24.1 Å². The van der Waals surface area contributed by atoms with Gasteiger partial charge in [-0.25, -0.2) is 4.39 Å². The summed E-state index contributed by atoms with van der Waals surface area (Å²) in [7, 11) is 1.67. The van der Waals surface area contributed by atoms with Crippen LogP contribution in [0.2, 0.25) is 0 Å². The topological polar surface area (TPSA) is 12.5 Å². The number of para-hydroxylation sites is 1. The normalized spacial score (nSPS) is 12.8. The molecule has 0 bridgehead atoms. The molecule has 2 nitrogen and oxygen atoms in total. The summed E-state index contributed by atoms with van der Waals surface area (Å²) in [5, 5.41) is 0. The molecule has 0 aliphatic carbocycles. The zero-order chi connectivity index (χ0) is 17.9. The van der Waals surface area contributed by atoms with E-state index in [0.717, 1.165) is 17.8 Å². The highest BCUT2D eigenvalue weighted by Gasteiger charge is 2.28. The number of nitrogens with zero attached hydrogens (tertiary/aromatic N) is 1. The Bertz CT molecular complexity index is 922. The standard InChI is InChI=1S/C22H19BFNO/c1-26-21-12-6-17(7-13-21)16-25-22-5-3-2-4-18(22)14-15-23(25)19-8-10-20(24)11-9-19/h2-15H,16H2,1H3. The summed E-state index contributed by atoms with van der Waals surface area (Å²) in [6.07, 6.45) is 2.15. The molecule has 1 aliphatic heterocycles. The minimum Gasteiger partial charge on any atom is -0.497 e. The van der Waals surface area contributed by atoms with Crippen LogP contribution in [0.3, 0.4) is 0 Å². The first-order valence-electron chi connectivity index (χ1n) is 8.67. The van der Waals surface area contributed by atoms with Gasteiger partial charge in [0.05, 0.1) is 7.11 Å². The number of methoxy groups -OCH3 is 1. The lowest BCUT2D eigenvalue weighted by molar-refractivity contribution is 0.414. The molecule has 1 aliphatic rings. The van der Waals surface area contributed by atoms with E-state index in [1.54, 1.807) is 7.11 Å². The number of ether oxygens (including phenoxy) is 1. The fourth-order valence-corrected chi connectivity index (χ4v) is 3.40. The molecule has 0 fully saturated rings. The first kappa shape index (κ1) is 16.5. The van der Waals surface area contributed by atoms with Gasteiger partial charge in [-0.2, -0.15) is 0 Å². The molecule has 3 aromatic carbocycles. The first-order chi connectivity index (χ1) is 12.7. The highest BCUT2D eigenvalue weighted by molar-refractivity contribution is 6.82. The van der Waals surface area contributed by atoms with Gasteiger partial charge in [0.2, 0.25) is 0 Å². The Morgan fingerprint density at radius 2 is 1.65 bits per heavy atom. The van der Waals surface area contributed by atoms with Crippen molar-refractivity contribution in [2.45, 2.75) is 6.54 Å². The van der Waals surface area contributed by atoms with Gasteiger partial charge in [-0.1, -0.05) is 60.0 Å². The van der Waals surface area contributed by atoms with E-state index in [-0.39, 0.29) is 12.7 Å². The van der Waals surface area contributed by atoms with E-state index in [2.05, 4.69) is 47.2 Å². The van der Waals surface area contributed by atoms with Crippen molar-refractivity contribution in [3.8, 4) is 5.75 Å². The van der Waals surface area contributed by atoms with Crippen LogP contribution < -0.4 is 15.0 Å². The van der Waals surface area contributed by atoms with Gasteiger partial charge < -0.3 is 9.55 Å². The summed E-state index contributed by atoms with van der Waals surface area (Å²) in [5.41, 5.74) is 4.65. The Morgan fingerprint density at radius 3 is 2.38 bits per heavy atom. The minimum atomic E-state index is -0.212. The second-order valence-electron chi connectivity index (χ2n) is 6.39. The molecule has 0 saturated carbocycles. The molecule has 0 amide bonds. The Balaban J connectivity index is 1.71. The van der Waals surface area contributed by atoms with Gasteiger partial charge in [0, 0.05) is 12.2 Å². The number of hydrogen-bond acceptors (Lipinski definition) is 2. The maximum atomic E-state index is 13.4. The maximum Gasteiger partial charge on any atom is 0.316 e. The summed E-state index contributed by atoms with van der Waals surface area (Å²) in [4.78, 5) is 2.35. The fourth-order valence-electron chi connectivity index (χ4n) is 3.40. The number of fused-ring (bicyclic) bond motifs is 1. The van der Waals surface area contributed by atoms with E-state index in [1.807, 2.05) is 30.3 Å². The van der Waals surface area contributed by atoms with Crippen molar-refractivity contribution in [3.05, 3.63) is 95.7 Å². The third kappa shape index (κ3) is 3.23. The van der Waals surface area contributed by atoms with Crippen LogP contribution in [-0.2, 0) is 6.54 Å². The molecular weight excluding hydrogens is 324 g/mol. The van der Waals surface area contributed by atoms with Crippen LogP contribution in [0.4, 0.5) is 10.1 Å². The Hall–Kier alpha value is -3.01. The quantitative estimate of drug-likeness (QED) is 0.655. The van der Waals surface area contributed by atoms with Gasteiger partial charge in [-0.3, -0.25) is 0 Å². The molecule has 4 rings (SSSR count). The monoisotopic (exact) mass is 343 g/mol. The zero-order valence-corrected chi connectivity index (χ0v) is 14.6. The zero-order valence-electron chi connectivity index (χ0n) is 14.6. The molecule has 4 heteroatoms. The third-order valence-electron chi connectivity index (χ3n) is 4.76. The Labute approximate surface area is 153 Å². The van der Waals surface area contributed by atoms with Crippen molar-refractivity contribution in [2.75, 3.05) is 11.9 Å². The van der Waals surface area contributed by atoms with Gasteiger partial charge in [0.1, 0.15) is 11.6 Å². The minimum absolute atomic E-state index is 0.0626. The van der Waals surface area contributed by atoms with Crippen LogP contribution in [0, 0.1) is 5.82 Å².